The smallest absolute Gasteiger partial charge is 0.239 e. The van der Waals surface area contributed by atoms with E-state index < -0.39 is 51.8 Å². The van der Waals surface area contributed by atoms with Gasteiger partial charge in [0.2, 0.25) is 15.9 Å². The van der Waals surface area contributed by atoms with Gasteiger partial charge in [0.05, 0.1) is 12.3 Å². The first kappa shape index (κ1) is 36.1. The summed E-state index contributed by atoms with van der Waals surface area (Å²) in [5, 5.41) is 12.1. The number of sulfonamides is 1. The number of amides is 1. The van der Waals surface area contributed by atoms with Gasteiger partial charge in [0, 0.05) is 69.3 Å². The number of nitrogens with zero attached hydrogens (tertiary/aromatic N) is 4. The highest BCUT2D eigenvalue weighted by molar-refractivity contribution is 7.88. The Morgan fingerprint density at radius 2 is 1.67 bits per heavy atom. The zero-order chi connectivity index (χ0) is 31.4. The third kappa shape index (κ3) is 7.90. The summed E-state index contributed by atoms with van der Waals surface area (Å²) in [6, 6.07) is 2.20. The lowest BCUT2D eigenvalue weighted by Crippen LogP contribution is -2.52. The fourth-order valence-electron chi connectivity index (χ4n) is 7.39. The zero-order valence-electron chi connectivity index (χ0n) is 26.9. The molecule has 43 heavy (non-hydrogen) atoms. The molecule has 0 spiro atoms. The molecule has 1 N–H and O–H groups in total. The second kappa shape index (κ2) is 13.2. The molecule has 1 unspecified atom stereocenters. The van der Waals surface area contributed by atoms with Crippen LogP contribution < -0.4 is 0 Å². The minimum absolute atomic E-state index is 0. The number of benzene rings is 1. The maximum atomic E-state index is 15.1. The largest absolute Gasteiger partial charge is 0.378 e. The average molecular weight is 649 g/mol. The lowest BCUT2D eigenvalue weighted by Gasteiger charge is -2.41. The van der Waals surface area contributed by atoms with Crippen LogP contribution in [0.3, 0.4) is 0 Å². The van der Waals surface area contributed by atoms with Crippen LogP contribution in [0.2, 0.25) is 0 Å². The van der Waals surface area contributed by atoms with E-state index in [2.05, 4.69) is 39.5 Å². The highest BCUT2D eigenvalue weighted by Gasteiger charge is 2.51. The van der Waals surface area contributed by atoms with Crippen LogP contribution >= 0.6 is 12.4 Å². The van der Waals surface area contributed by atoms with E-state index in [-0.39, 0.29) is 48.3 Å². The number of rotatable bonds is 7. The molecule has 3 fully saturated rings. The first-order chi connectivity index (χ1) is 19.3. The lowest BCUT2D eigenvalue weighted by atomic mass is 9.75. The van der Waals surface area contributed by atoms with Crippen molar-refractivity contribution in [2.75, 3.05) is 40.0 Å². The Balaban J connectivity index is 0.00000506. The van der Waals surface area contributed by atoms with Crippen molar-refractivity contribution in [3.05, 3.63) is 35.4 Å². The number of carbonyl (C=O) groups excluding carboxylic acids is 1. The maximum absolute atomic E-state index is 15.1. The molecule has 8 nitrogen and oxygen atoms in total. The molecule has 1 amide bonds. The van der Waals surface area contributed by atoms with Gasteiger partial charge in [0.25, 0.3) is 0 Å². The summed E-state index contributed by atoms with van der Waals surface area (Å²) in [4.78, 5) is 18.9. The summed E-state index contributed by atoms with van der Waals surface area (Å²) in [5.41, 5.74) is 0.228. The lowest BCUT2D eigenvalue weighted by molar-refractivity contribution is -0.139. The van der Waals surface area contributed by atoms with E-state index in [1.54, 1.807) is 23.3 Å². The van der Waals surface area contributed by atoms with Gasteiger partial charge < -0.3 is 10.0 Å². The fraction of sp³-hybridized carbons (Fsp3) is 0.774. The number of likely N-dealkylation sites (tertiary alicyclic amines) is 2. The molecular formula is C31H51ClF2N4O4S. The second-order valence-corrected chi connectivity index (χ2v) is 16.6. The molecule has 2 saturated heterocycles. The summed E-state index contributed by atoms with van der Waals surface area (Å²) in [7, 11) is -0.291. The number of aliphatic hydroxyl groups is 1. The summed E-state index contributed by atoms with van der Waals surface area (Å²) >= 11 is 0. The quantitative estimate of drug-likeness (QED) is 0.475. The van der Waals surface area contributed by atoms with Gasteiger partial charge in [0.1, 0.15) is 17.9 Å². The normalized spacial score (nSPS) is 28.2. The van der Waals surface area contributed by atoms with E-state index in [1.807, 2.05) is 0 Å². The topological polar surface area (TPSA) is 84.4 Å². The van der Waals surface area contributed by atoms with Crippen LogP contribution in [0.25, 0.3) is 0 Å². The Morgan fingerprint density at radius 3 is 2.19 bits per heavy atom. The van der Waals surface area contributed by atoms with Crippen molar-refractivity contribution >= 4 is 28.3 Å². The highest BCUT2D eigenvalue weighted by atomic mass is 35.5. The van der Waals surface area contributed by atoms with Gasteiger partial charge in [-0.2, -0.15) is 4.31 Å². The van der Waals surface area contributed by atoms with Gasteiger partial charge in [0.15, 0.2) is 0 Å². The van der Waals surface area contributed by atoms with Crippen molar-refractivity contribution in [1.82, 2.24) is 19.0 Å². The third-order valence-corrected chi connectivity index (χ3v) is 11.2. The van der Waals surface area contributed by atoms with Crippen molar-refractivity contribution in [3.8, 4) is 0 Å². The molecule has 2 heterocycles. The van der Waals surface area contributed by atoms with Crippen molar-refractivity contribution < 1.29 is 27.1 Å². The van der Waals surface area contributed by atoms with Crippen molar-refractivity contribution in [1.29, 1.82) is 0 Å². The highest BCUT2D eigenvalue weighted by Crippen LogP contribution is 2.43. The van der Waals surface area contributed by atoms with Crippen LogP contribution in [-0.2, 0) is 14.8 Å². The van der Waals surface area contributed by atoms with Crippen LogP contribution in [0.15, 0.2) is 18.2 Å². The molecule has 2 aliphatic heterocycles. The van der Waals surface area contributed by atoms with Gasteiger partial charge in [-0.05, 0) is 69.9 Å². The van der Waals surface area contributed by atoms with Gasteiger partial charge in [-0.15, -0.1) is 12.4 Å². The molecule has 12 heteroatoms. The van der Waals surface area contributed by atoms with E-state index in [0.717, 1.165) is 31.7 Å². The summed E-state index contributed by atoms with van der Waals surface area (Å²) < 4.78 is 57.1. The fourth-order valence-corrected chi connectivity index (χ4v) is 8.84. The average Bonchev–Trinajstić information content (AvgIpc) is 3.49. The second-order valence-electron chi connectivity index (χ2n) is 14.7. The molecule has 1 aliphatic carbocycles. The van der Waals surface area contributed by atoms with Crippen molar-refractivity contribution in [3.63, 3.8) is 0 Å². The van der Waals surface area contributed by atoms with Crippen LogP contribution in [0.1, 0.15) is 78.2 Å². The number of hydrogen-bond acceptors (Lipinski definition) is 6. The minimum atomic E-state index is -3.61. The Kier molecular flexibility index (Phi) is 11.1. The number of hydrogen-bond donors (Lipinski definition) is 1. The number of likely N-dealkylation sites (N-methyl/N-ethyl adjacent to an activating group) is 1. The molecule has 1 aromatic rings. The Hall–Kier alpha value is -1.37. The molecular weight excluding hydrogens is 598 g/mol. The van der Waals surface area contributed by atoms with Gasteiger partial charge in [-0.3, -0.25) is 14.6 Å². The van der Waals surface area contributed by atoms with Crippen LogP contribution in [0.4, 0.5) is 8.78 Å². The van der Waals surface area contributed by atoms with Crippen LogP contribution in [0, 0.1) is 23.0 Å². The third-order valence-electron chi connectivity index (χ3n) is 9.85. The molecule has 3 aliphatic rings. The molecule has 4 rings (SSSR count). The number of carbonyl (C=O) groups is 1. The number of halogens is 3. The SMILES string of the molecule is CN(C)C(=O)[C@@H]1C[C@H](N(C2CCC(C)(C)CC2)S(C)(=O)=O)CN1C(O)[C@@H]1CN(C(C)(C)C)C[C@H]1c1ccc(F)cc1F.Cl. The number of aliphatic hydroxyl groups excluding tert-OH is 1. The van der Waals surface area contributed by atoms with Gasteiger partial charge in [-0.25, -0.2) is 17.2 Å². The van der Waals surface area contributed by atoms with E-state index in [9.17, 15) is 22.7 Å². The van der Waals surface area contributed by atoms with E-state index in [1.165, 1.54) is 23.3 Å². The Morgan fingerprint density at radius 1 is 1.07 bits per heavy atom. The van der Waals surface area contributed by atoms with Gasteiger partial charge >= 0.3 is 0 Å². The first-order valence-electron chi connectivity index (χ1n) is 15.1. The Labute approximate surface area is 263 Å². The van der Waals surface area contributed by atoms with Crippen molar-refractivity contribution in [2.45, 2.75) is 103 Å². The molecule has 0 radical (unpaired) electrons. The molecule has 5 atom stereocenters. The molecule has 1 aromatic carbocycles. The van der Waals surface area contributed by atoms with Gasteiger partial charge in [-0.1, -0.05) is 19.9 Å². The maximum Gasteiger partial charge on any atom is 0.239 e. The standard InChI is InChI=1S/C31H50F2N4O4S.ClH/c1-30(2,3)35-18-24(23-10-9-20(32)15-26(23)33)25(19-35)28(38)36-17-22(16-27(36)29(39)34(6)7)37(42(8,40)41)21-11-13-31(4,5)14-12-21;/h9-10,15,21-22,24-25,27-28,38H,11-14,16-19H2,1-8H3;1H/t22-,24-,25+,27-,28?;/m0./s1. The van der Waals surface area contributed by atoms with E-state index in [4.69, 9.17) is 0 Å². The summed E-state index contributed by atoms with van der Waals surface area (Å²) in [6.45, 7) is 11.7. The molecule has 1 saturated carbocycles. The van der Waals surface area contributed by atoms with Crippen LogP contribution in [0.5, 0.6) is 0 Å². The molecule has 0 bridgehead atoms. The summed E-state index contributed by atoms with van der Waals surface area (Å²) in [6.07, 6.45) is 3.70. The molecule has 246 valence electrons. The molecule has 0 aromatic heterocycles. The summed E-state index contributed by atoms with van der Waals surface area (Å²) in [5.74, 6) is -2.45. The van der Waals surface area contributed by atoms with E-state index >= 15 is 4.39 Å². The Bertz CT molecular complexity index is 1250. The first-order valence-corrected chi connectivity index (χ1v) is 17.0. The predicted molar refractivity (Wildman–Crippen MR) is 167 cm³/mol. The van der Waals surface area contributed by atoms with Crippen LogP contribution in [-0.4, -0.2) is 108 Å². The van der Waals surface area contributed by atoms with E-state index in [0.29, 0.717) is 18.7 Å². The monoisotopic (exact) mass is 648 g/mol. The van der Waals surface area contributed by atoms with Crippen molar-refractivity contribution in [2.24, 2.45) is 11.3 Å². The minimum Gasteiger partial charge on any atom is -0.378 e. The zero-order valence-corrected chi connectivity index (χ0v) is 28.5. The predicted octanol–water partition coefficient (Wildman–Crippen LogP) is 4.28.